The first-order valence-corrected chi connectivity index (χ1v) is 9.85. The molecule has 6 nitrogen and oxygen atoms in total. The van der Waals surface area contributed by atoms with Crippen molar-refractivity contribution in [2.45, 2.75) is 17.5 Å². The summed E-state index contributed by atoms with van der Waals surface area (Å²) in [4.78, 5) is 16.3. The number of rotatable bonds is 3. The van der Waals surface area contributed by atoms with E-state index in [4.69, 9.17) is 0 Å². The molecule has 3 rings (SSSR count). The minimum absolute atomic E-state index is 0.00144. The molecule has 13 heteroatoms. The summed E-state index contributed by atoms with van der Waals surface area (Å²) in [7, 11) is -3.89. The molecule has 1 aromatic carbocycles. The number of imidazole rings is 1. The Morgan fingerprint density at radius 2 is 1.57 bits per heavy atom. The number of aromatic nitrogens is 2. The summed E-state index contributed by atoms with van der Waals surface area (Å²) < 4.78 is 103. The van der Waals surface area contributed by atoms with Crippen molar-refractivity contribution in [3.05, 3.63) is 59.4 Å². The number of halogens is 6. The summed E-state index contributed by atoms with van der Waals surface area (Å²) in [6, 6.07) is 4.82. The van der Waals surface area contributed by atoms with Crippen LogP contribution in [-0.4, -0.2) is 30.0 Å². The predicted molar refractivity (Wildman–Crippen MR) is 92.7 cm³/mol. The highest BCUT2D eigenvalue weighted by Gasteiger charge is 2.37. The van der Waals surface area contributed by atoms with Crippen LogP contribution in [0.3, 0.4) is 0 Å². The van der Waals surface area contributed by atoms with Gasteiger partial charge in [-0.1, -0.05) is 6.07 Å². The summed E-state index contributed by atoms with van der Waals surface area (Å²) in [6.45, 7) is 0. The first kappa shape index (κ1) is 21.6. The Bertz CT molecular complexity index is 1210. The molecule has 0 aliphatic rings. The van der Waals surface area contributed by atoms with Gasteiger partial charge in [-0.3, -0.25) is 9.20 Å². The molecule has 30 heavy (non-hydrogen) atoms. The van der Waals surface area contributed by atoms with E-state index in [1.807, 2.05) is 5.32 Å². The number of nitrogens with one attached hydrogen (secondary N) is 1. The number of hydrogen-bond acceptors (Lipinski definition) is 4. The van der Waals surface area contributed by atoms with Crippen molar-refractivity contribution in [2.24, 2.45) is 0 Å². The maximum Gasteiger partial charge on any atom is 0.416 e. The molecule has 1 amide bonds. The number of pyridine rings is 1. The Hall–Kier alpha value is -3.09. The molecule has 0 spiro atoms. The molecule has 160 valence electrons. The van der Waals surface area contributed by atoms with Crippen LogP contribution in [0.2, 0.25) is 0 Å². The SMILES string of the molecule is CS(=O)(=O)c1nc(C(=O)Nc2cc(C(F)(F)F)cc(C(F)(F)F)c2)c2ccccn12. The van der Waals surface area contributed by atoms with Gasteiger partial charge in [0.15, 0.2) is 5.69 Å². The number of sulfone groups is 1. The zero-order valence-electron chi connectivity index (χ0n) is 14.8. The number of carbonyl (C=O) groups excluding carboxylic acids is 1. The Balaban J connectivity index is 2.09. The van der Waals surface area contributed by atoms with E-state index < -0.39 is 55.8 Å². The number of nitrogens with zero attached hydrogens (tertiary/aromatic N) is 2. The van der Waals surface area contributed by atoms with Crippen LogP contribution in [0, 0.1) is 0 Å². The lowest BCUT2D eigenvalue weighted by Crippen LogP contribution is -2.16. The fraction of sp³-hybridized carbons (Fsp3) is 0.176. The van der Waals surface area contributed by atoms with Crippen molar-refractivity contribution < 1.29 is 39.6 Å². The molecule has 0 radical (unpaired) electrons. The van der Waals surface area contributed by atoms with Gasteiger partial charge in [0.05, 0.1) is 16.6 Å². The van der Waals surface area contributed by atoms with Crippen LogP contribution in [0.5, 0.6) is 0 Å². The van der Waals surface area contributed by atoms with Crippen LogP contribution < -0.4 is 5.32 Å². The fourth-order valence-corrected chi connectivity index (χ4v) is 3.43. The third kappa shape index (κ3) is 4.25. The number of carbonyl (C=O) groups is 1. The quantitative estimate of drug-likeness (QED) is 0.610. The number of hydrogen-bond donors (Lipinski definition) is 1. The Morgan fingerprint density at radius 1 is 1.00 bits per heavy atom. The predicted octanol–water partition coefficient (Wildman–Crippen LogP) is 4.03. The minimum atomic E-state index is -5.09. The lowest BCUT2D eigenvalue weighted by atomic mass is 10.1. The van der Waals surface area contributed by atoms with E-state index in [1.165, 1.54) is 24.4 Å². The first-order chi connectivity index (χ1) is 13.7. The van der Waals surface area contributed by atoms with Gasteiger partial charge in [-0.2, -0.15) is 26.3 Å². The summed E-state index contributed by atoms with van der Waals surface area (Å²) in [6.07, 6.45) is -8.06. The molecule has 0 bridgehead atoms. The second-order valence-electron chi connectivity index (χ2n) is 6.22. The molecular weight excluding hydrogens is 440 g/mol. The fourth-order valence-electron chi connectivity index (χ4n) is 2.66. The van der Waals surface area contributed by atoms with E-state index in [2.05, 4.69) is 4.98 Å². The number of fused-ring (bicyclic) bond motifs is 1. The summed E-state index contributed by atoms with van der Waals surface area (Å²) in [5.74, 6) is -1.18. The highest BCUT2D eigenvalue weighted by Crippen LogP contribution is 2.37. The summed E-state index contributed by atoms with van der Waals surface area (Å²) >= 11 is 0. The molecule has 2 aromatic heterocycles. The van der Waals surface area contributed by atoms with E-state index >= 15 is 0 Å². The van der Waals surface area contributed by atoms with E-state index in [0.717, 1.165) is 10.7 Å². The van der Waals surface area contributed by atoms with Gasteiger partial charge in [0, 0.05) is 18.1 Å². The van der Waals surface area contributed by atoms with Crippen molar-refractivity contribution in [1.29, 1.82) is 0 Å². The smallest absolute Gasteiger partial charge is 0.321 e. The van der Waals surface area contributed by atoms with E-state index in [-0.39, 0.29) is 11.6 Å². The Morgan fingerprint density at radius 3 is 2.07 bits per heavy atom. The normalized spacial score (nSPS) is 12.9. The Labute approximate surface area is 165 Å². The lowest BCUT2D eigenvalue weighted by Gasteiger charge is -2.14. The minimum Gasteiger partial charge on any atom is -0.321 e. The molecule has 0 saturated heterocycles. The third-order valence-electron chi connectivity index (χ3n) is 3.91. The van der Waals surface area contributed by atoms with Crippen LogP contribution in [0.15, 0.2) is 47.8 Å². The van der Waals surface area contributed by atoms with E-state index in [9.17, 15) is 39.6 Å². The highest BCUT2D eigenvalue weighted by atomic mass is 32.2. The van der Waals surface area contributed by atoms with Gasteiger partial charge in [-0.25, -0.2) is 13.4 Å². The topological polar surface area (TPSA) is 80.5 Å². The Kier molecular flexibility index (Phi) is 5.05. The standard InChI is InChI=1S/C17H11F6N3O3S/c1-30(28,29)15-25-13(12-4-2-3-5-26(12)15)14(27)24-11-7-9(16(18,19)20)6-10(8-11)17(21,22)23/h2-8H,1H3,(H,24,27). The van der Waals surface area contributed by atoms with Gasteiger partial charge in [-0.05, 0) is 30.3 Å². The zero-order valence-corrected chi connectivity index (χ0v) is 15.7. The third-order valence-corrected chi connectivity index (χ3v) is 4.86. The maximum absolute atomic E-state index is 13.0. The summed E-state index contributed by atoms with van der Waals surface area (Å²) in [5.41, 5.74) is -4.49. The first-order valence-electron chi connectivity index (χ1n) is 7.96. The molecule has 3 aromatic rings. The van der Waals surface area contributed by atoms with Gasteiger partial charge in [0.1, 0.15) is 0 Å². The molecular formula is C17H11F6N3O3S. The average molecular weight is 451 g/mol. The number of anilines is 1. The monoisotopic (exact) mass is 451 g/mol. The average Bonchev–Trinajstić information content (AvgIpc) is 3.00. The van der Waals surface area contributed by atoms with Crippen molar-refractivity contribution in [1.82, 2.24) is 9.38 Å². The largest absolute Gasteiger partial charge is 0.416 e. The molecule has 0 unspecified atom stereocenters. The van der Waals surface area contributed by atoms with Crippen molar-refractivity contribution in [2.75, 3.05) is 11.6 Å². The highest BCUT2D eigenvalue weighted by molar-refractivity contribution is 7.90. The number of amides is 1. The van der Waals surface area contributed by atoms with Crippen LogP contribution >= 0.6 is 0 Å². The molecule has 0 saturated carbocycles. The van der Waals surface area contributed by atoms with Gasteiger partial charge < -0.3 is 5.32 Å². The number of benzene rings is 1. The van der Waals surface area contributed by atoms with Crippen LogP contribution in [0.25, 0.3) is 5.52 Å². The van der Waals surface area contributed by atoms with Gasteiger partial charge in [-0.15, -0.1) is 0 Å². The van der Waals surface area contributed by atoms with E-state index in [0.29, 0.717) is 12.1 Å². The van der Waals surface area contributed by atoms with Crippen LogP contribution in [-0.2, 0) is 22.2 Å². The van der Waals surface area contributed by atoms with Crippen LogP contribution in [0.4, 0.5) is 32.0 Å². The zero-order chi connectivity index (χ0) is 22.5. The van der Waals surface area contributed by atoms with Crippen molar-refractivity contribution in [3.8, 4) is 0 Å². The van der Waals surface area contributed by atoms with Gasteiger partial charge in [0.25, 0.3) is 5.91 Å². The van der Waals surface area contributed by atoms with Crippen molar-refractivity contribution >= 4 is 26.9 Å². The molecule has 0 aliphatic heterocycles. The second kappa shape index (κ2) is 7.00. The van der Waals surface area contributed by atoms with Crippen LogP contribution in [0.1, 0.15) is 21.6 Å². The van der Waals surface area contributed by atoms with Crippen molar-refractivity contribution in [3.63, 3.8) is 0 Å². The lowest BCUT2D eigenvalue weighted by molar-refractivity contribution is -0.143. The molecule has 0 fully saturated rings. The molecule has 1 N–H and O–H groups in total. The molecule has 0 atom stereocenters. The van der Waals surface area contributed by atoms with Gasteiger partial charge >= 0.3 is 12.4 Å². The summed E-state index contributed by atoms with van der Waals surface area (Å²) in [5, 5.41) is 1.42. The molecule has 2 heterocycles. The molecule has 0 aliphatic carbocycles. The maximum atomic E-state index is 13.0. The number of alkyl halides is 6. The second-order valence-corrected chi connectivity index (χ2v) is 8.13. The van der Waals surface area contributed by atoms with E-state index in [1.54, 1.807) is 0 Å². The van der Waals surface area contributed by atoms with Gasteiger partial charge in [0.2, 0.25) is 15.0 Å².